The Morgan fingerprint density at radius 2 is 2.42 bits per heavy atom. The van der Waals surface area contributed by atoms with Crippen molar-refractivity contribution in [2.24, 2.45) is 0 Å². The lowest BCUT2D eigenvalue weighted by molar-refractivity contribution is 0.569. The van der Waals surface area contributed by atoms with Crippen LogP contribution >= 0.6 is 11.8 Å². The maximum absolute atomic E-state index is 8.51. The molecule has 0 spiro atoms. The summed E-state index contributed by atoms with van der Waals surface area (Å²) < 4.78 is 7.31. The van der Waals surface area contributed by atoms with Crippen LogP contribution in [0.25, 0.3) is 11.6 Å². The molecule has 5 nitrogen and oxygen atoms in total. The van der Waals surface area contributed by atoms with E-state index in [4.69, 9.17) is 9.68 Å². The van der Waals surface area contributed by atoms with Crippen molar-refractivity contribution in [2.45, 2.75) is 24.5 Å². The molecule has 2 aromatic rings. The van der Waals surface area contributed by atoms with Gasteiger partial charge in [-0.05, 0) is 18.6 Å². The van der Waals surface area contributed by atoms with E-state index in [0.29, 0.717) is 24.6 Å². The number of aromatic nitrogens is 3. The fourth-order valence-corrected chi connectivity index (χ4v) is 2.48. The molecule has 2 rings (SSSR count). The Kier molecular flexibility index (Phi) is 4.81. The summed E-state index contributed by atoms with van der Waals surface area (Å²) in [6.07, 6.45) is 4.82. The van der Waals surface area contributed by atoms with Gasteiger partial charge in [-0.3, -0.25) is 4.57 Å². The topological polar surface area (TPSA) is 67.6 Å². The highest BCUT2D eigenvalue weighted by atomic mass is 32.2. The van der Waals surface area contributed by atoms with Crippen molar-refractivity contribution in [3.8, 4) is 17.7 Å². The van der Waals surface area contributed by atoms with Crippen LogP contribution in [-0.4, -0.2) is 20.5 Å². The number of furan rings is 1. The lowest BCUT2D eigenvalue weighted by Crippen LogP contribution is -2.00. The lowest BCUT2D eigenvalue weighted by atomic mass is 10.4. The molecule has 0 fully saturated rings. The first-order valence-electron chi connectivity index (χ1n) is 5.94. The summed E-state index contributed by atoms with van der Waals surface area (Å²) in [5.41, 5.74) is 0. The van der Waals surface area contributed by atoms with Gasteiger partial charge in [0.25, 0.3) is 0 Å². The molecule has 6 heteroatoms. The molecule has 0 saturated heterocycles. The highest BCUT2D eigenvalue weighted by Crippen LogP contribution is 2.24. The van der Waals surface area contributed by atoms with E-state index >= 15 is 0 Å². The van der Waals surface area contributed by atoms with Crippen LogP contribution in [-0.2, 0) is 6.54 Å². The number of allylic oxidation sites excluding steroid dienone is 1. The summed E-state index contributed by atoms with van der Waals surface area (Å²) >= 11 is 1.59. The van der Waals surface area contributed by atoms with Crippen molar-refractivity contribution in [3.63, 3.8) is 0 Å². The molecule has 2 heterocycles. The molecule has 0 saturated carbocycles. The van der Waals surface area contributed by atoms with Crippen LogP contribution in [0, 0.1) is 11.3 Å². The van der Waals surface area contributed by atoms with Crippen molar-refractivity contribution < 1.29 is 4.42 Å². The molecular weight excluding hydrogens is 260 g/mol. The summed E-state index contributed by atoms with van der Waals surface area (Å²) in [4.78, 5) is 0. The summed E-state index contributed by atoms with van der Waals surface area (Å²) in [7, 11) is 0. The summed E-state index contributed by atoms with van der Waals surface area (Å²) in [6, 6.07) is 5.81. The molecule has 0 unspecified atom stereocenters. The average Bonchev–Trinajstić information content (AvgIpc) is 3.05. The summed E-state index contributed by atoms with van der Waals surface area (Å²) in [6.45, 7) is 4.38. The molecular formula is C13H14N4OS. The molecule has 0 aliphatic carbocycles. The maximum Gasteiger partial charge on any atom is 0.200 e. The molecule has 2 aromatic heterocycles. The first-order chi connectivity index (χ1) is 9.36. The van der Waals surface area contributed by atoms with Crippen molar-refractivity contribution >= 4 is 11.8 Å². The minimum Gasteiger partial charge on any atom is -0.461 e. The van der Waals surface area contributed by atoms with Gasteiger partial charge in [-0.1, -0.05) is 17.8 Å². The molecule has 0 atom stereocenters. The Balaban J connectivity index is 2.15. The van der Waals surface area contributed by atoms with Crippen LogP contribution in [0.3, 0.4) is 0 Å². The zero-order valence-electron chi connectivity index (χ0n) is 10.5. The predicted octanol–water partition coefficient (Wildman–Crippen LogP) is 3.12. The third kappa shape index (κ3) is 3.26. The molecule has 0 aliphatic rings. The first-order valence-corrected chi connectivity index (χ1v) is 6.93. The van der Waals surface area contributed by atoms with E-state index < -0.39 is 0 Å². The number of rotatable bonds is 7. The van der Waals surface area contributed by atoms with E-state index in [1.165, 1.54) is 0 Å². The number of hydrogen-bond donors (Lipinski definition) is 0. The quantitative estimate of drug-likeness (QED) is 0.441. The van der Waals surface area contributed by atoms with Gasteiger partial charge in [0.1, 0.15) is 0 Å². The fraction of sp³-hybridized carbons (Fsp3) is 0.308. The van der Waals surface area contributed by atoms with E-state index in [1.54, 1.807) is 24.1 Å². The van der Waals surface area contributed by atoms with Crippen molar-refractivity contribution in [2.75, 3.05) is 5.75 Å². The third-order valence-electron chi connectivity index (χ3n) is 2.43. The smallest absolute Gasteiger partial charge is 0.200 e. The average molecular weight is 274 g/mol. The Labute approximate surface area is 115 Å². The Morgan fingerprint density at radius 3 is 3.11 bits per heavy atom. The van der Waals surface area contributed by atoms with Gasteiger partial charge in [-0.15, -0.1) is 16.8 Å². The minimum absolute atomic E-state index is 0.563. The molecule has 0 amide bonds. The van der Waals surface area contributed by atoms with Gasteiger partial charge < -0.3 is 4.42 Å². The highest BCUT2D eigenvalue weighted by Gasteiger charge is 2.14. The van der Waals surface area contributed by atoms with E-state index in [1.807, 2.05) is 16.7 Å². The van der Waals surface area contributed by atoms with Crippen LogP contribution in [0.15, 0.2) is 40.6 Å². The minimum atomic E-state index is 0.563. The maximum atomic E-state index is 8.51. The van der Waals surface area contributed by atoms with Gasteiger partial charge >= 0.3 is 0 Å². The van der Waals surface area contributed by atoms with Crippen LogP contribution in [0.4, 0.5) is 0 Å². The van der Waals surface area contributed by atoms with E-state index in [-0.39, 0.29) is 0 Å². The normalized spacial score (nSPS) is 10.3. The summed E-state index contributed by atoms with van der Waals surface area (Å²) in [5.74, 6) is 2.24. The third-order valence-corrected chi connectivity index (χ3v) is 3.49. The summed E-state index contributed by atoms with van der Waals surface area (Å²) in [5, 5.41) is 17.7. The van der Waals surface area contributed by atoms with E-state index in [0.717, 1.165) is 17.3 Å². The second-order valence-electron chi connectivity index (χ2n) is 3.79. The van der Waals surface area contributed by atoms with Crippen LogP contribution < -0.4 is 0 Å². The van der Waals surface area contributed by atoms with Gasteiger partial charge in [0.05, 0.1) is 12.3 Å². The first kappa shape index (κ1) is 13.4. The Morgan fingerprint density at radius 1 is 1.53 bits per heavy atom. The van der Waals surface area contributed by atoms with Crippen LogP contribution in [0.2, 0.25) is 0 Å². The number of nitriles is 1. The van der Waals surface area contributed by atoms with Gasteiger partial charge in [-0.25, -0.2) is 0 Å². The Bertz CT molecular complexity index is 568. The number of nitrogens with zero attached hydrogens (tertiary/aromatic N) is 4. The number of hydrogen-bond acceptors (Lipinski definition) is 5. The zero-order valence-corrected chi connectivity index (χ0v) is 11.3. The molecule has 0 bridgehead atoms. The molecule has 98 valence electrons. The second kappa shape index (κ2) is 6.81. The second-order valence-corrected chi connectivity index (χ2v) is 4.85. The molecule has 0 N–H and O–H groups in total. The zero-order chi connectivity index (χ0) is 13.5. The van der Waals surface area contributed by atoms with Crippen molar-refractivity contribution in [1.29, 1.82) is 5.26 Å². The fourth-order valence-electron chi connectivity index (χ4n) is 1.59. The molecule has 19 heavy (non-hydrogen) atoms. The van der Waals surface area contributed by atoms with Crippen molar-refractivity contribution in [1.82, 2.24) is 14.8 Å². The molecule has 0 aliphatic heterocycles. The van der Waals surface area contributed by atoms with Crippen LogP contribution in [0.5, 0.6) is 0 Å². The Hall–Kier alpha value is -2.00. The molecule has 0 radical (unpaired) electrons. The SMILES string of the molecule is C=CCn1c(SCCCC#N)nnc1-c1ccco1. The van der Waals surface area contributed by atoms with E-state index in [2.05, 4.69) is 22.8 Å². The van der Waals surface area contributed by atoms with Gasteiger partial charge in [0.15, 0.2) is 10.9 Å². The number of thioether (sulfide) groups is 1. The highest BCUT2D eigenvalue weighted by molar-refractivity contribution is 7.99. The van der Waals surface area contributed by atoms with Crippen LogP contribution in [0.1, 0.15) is 12.8 Å². The van der Waals surface area contributed by atoms with Gasteiger partial charge in [0, 0.05) is 18.7 Å². The number of unbranched alkanes of at least 4 members (excludes halogenated alkanes) is 1. The lowest BCUT2D eigenvalue weighted by Gasteiger charge is -2.05. The van der Waals surface area contributed by atoms with Gasteiger partial charge in [-0.2, -0.15) is 5.26 Å². The standard InChI is InChI=1S/C13H14N4OS/c1-2-8-17-12(11-6-5-9-18-11)15-16-13(17)19-10-4-3-7-14/h2,5-6,9H,1,3-4,8,10H2. The monoisotopic (exact) mass is 274 g/mol. The van der Waals surface area contributed by atoms with Gasteiger partial charge in [0.2, 0.25) is 5.82 Å². The molecule has 0 aromatic carbocycles. The largest absolute Gasteiger partial charge is 0.461 e. The predicted molar refractivity (Wildman–Crippen MR) is 73.5 cm³/mol. The van der Waals surface area contributed by atoms with Crippen molar-refractivity contribution in [3.05, 3.63) is 31.1 Å². The van der Waals surface area contributed by atoms with E-state index in [9.17, 15) is 0 Å².